The molecule has 258 valence electrons. The molecular formula is C51H34N4. The van der Waals surface area contributed by atoms with Gasteiger partial charge in [-0.25, -0.2) is 15.0 Å². The molecule has 2 heterocycles. The summed E-state index contributed by atoms with van der Waals surface area (Å²) in [4.78, 5) is 15.2. The molecule has 55 heavy (non-hydrogen) atoms. The summed E-state index contributed by atoms with van der Waals surface area (Å²) in [5.74, 6) is 2.04. The Balaban J connectivity index is 1.02. The Labute approximate surface area is 319 Å². The second-order valence-corrected chi connectivity index (χ2v) is 14.3. The monoisotopic (exact) mass is 702 g/mol. The summed E-state index contributed by atoms with van der Waals surface area (Å²) in [6, 6.07) is 62.4. The molecule has 2 aromatic heterocycles. The van der Waals surface area contributed by atoms with Gasteiger partial charge in [-0.3, -0.25) is 0 Å². The van der Waals surface area contributed by atoms with Crippen LogP contribution in [-0.2, 0) is 0 Å². The standard InChI is InChI=1S/C51H34N4/c1-4-14-33(15-5-1)37-28-31-46-44(32-37)40-20-10-11-25-45(40)55(46)38-29-26-34(27-30-38)39-21-12-22-41-42-23-13-24-43(48(42)47(39)41)51-53-49(35-16-6-2-7-17-35)52-50(54-51)36-18-8-3-9-19-36/h1-11,13-20,22-32H,12,21H2. The lowest BCUT2D eigenvalue weighted by Crippen LogP contribution is -2.14. The van der Waals surface area contributed by atoms with Crippen LogP contribution >= 0.6 is 0 Å². The quantitative estimate of drug-likeness (QED) is 0.173. The normalized spacial score (nSPS) is 13.3. The van der Waals surface area contributed by atoms with Gasteiger partial charge >= 0.3 is 0 Å². The molecular weight excluding hydrogens is 669 g/mol. The molecule has 0 radical (unpaired) electrons. The van der Waals surface area contributed by atoms with Gasteiger partial charge in [-0.2, -0.15) is 0 Å². The molecule has 4 nitrogen and oxygen atoms in total. The fraction of sp³-hybridized carbons (Fsp3) is 0.0392. The largest absolute Gasteiger partial charge is 0.309 e. The van der Waals surface area contributed by atoms with E-state index in [9.17, 15) is 0 Å². The van der Waals surface area contributed by atoms with Gasteiger partial charge in [-0.05, 0) is 82.1 Å². The summed E-state index contributed by atoms with van der Waals surface area (Å²) in [5.41, 5.74) is 16.8. The van der Waals surface area contributed by atoms with E-state index in [0.29, 0.717) is 17.5 Å². The van der Waals surface area contributed by atoms with Gasteiger partial charge in [0, 0.05) is 38.7 Å². The number of fused-ring (bicyclic) bond motifs is 7. The van der Waals surface area contributed by atoms with Crippen LogP contribution in [0, 0.1) is 0 Å². The van der Waals surface area contributed by atoms with Gasteiger partial charge in [0.2, 0.25) is 0 Å². The third-order valence-electron chi connectivity index (χ3n) is 11.1. The van der Waals surface area contributed by atoms with Crippen molar-refractivity contribution in [1.82, 2.24) is 19.5 Å². The second-order valence-electron chi connectivity index (χ2n) is 14.3. The van der Waals surface area contributed by atoms with Crippen LogP contribution in [-0.4, -0.2) is 19.5 Å². The first-order valence-electron chi connectivity index (χ1n) is 18.9. The summed E-state index contributed by atoms with van der Waals surface area (Å²) in [6.45, 7) is 0. The molecule has 0 spiro atoms. The average molecular weight is 703 g/mol. The molecule has 0 bridgehead atoms. The molecule has 4 heteroatoms. The highest BCUT2D eigenvalue weighted by molar-refractivity contribution is 6.27. The molecule has 0 aliphatic heterocycles. The van der Waals surface area contributed by atoms with Gasteiger partial charge in [0.05, 0.1) is 11.0 Å². The van der Waals surface area contributed by atoms with Gasteiger partial charge < -0.3 is 4.57 Å². The van der Waals surface area contributed by atoms with Gasteiger partial charge in [-0.1, -0.05) is 152 Å². The third-order valence-corrected chi connectivity index (χ3v) is 11.1. The smallest absolute Gasteiger partial charge is 0.164 e. The third kappa shape index (κ3) is 5.18. The molecule has 0 N–H and O–H groups in total. The fourth-order valence-corrected chi connectivity index (χ4v) is 8.54. The van der Waals surface area contributed by atoms with E-state index in [-0.39, 0.29) is 0 Å². The van der Waals surface area contributed by atoms with Gasteiger partial charge in [0.25, 0.3) is 0 Å². The topological polar surface area (TPSA) is 43.6 Å². The van der Waals surface area contributed by atoms with Gasteiger partial charge in [-0.15, -0.1) is 0 Å². The van der Waals surface area contributed by atoms with Crippen molar-refractivity contribution < 1.29 is 0 Å². The maximum absolute atomic E-state index is 5.12. The van der Waals surface area contributed by atoms with Crippen LogP contribution in [0.2, 0.25) is 0 Å². The Morgan fingerprint density at radius 1 is 0.418 bits per heavy atom. The highest BCUT2D eigenvalue weighted by Crippen LogP contribution is 2.55. The molecule has 2 aliphatic carbocycles. The number of hydrogen-bond acceptors (Lipinski definition) is 3. The number of aromatic nitrogens is 4. The Morgan fingerprint density at radius 3 is 1.71 bits per heavy atom. The Hall–Kier alpha value is -7.17. The minimum Gasteiger partial charge on any atom is -0.309 e. The van der Waals surface area contributed by atoms with Crippen molar-refractivity contribution >= 4 is 38.5 Å². The number of nitrogens with zero attached hydrogens (tertiary/aromatic N) is 4. The molecule has 0 unspecified atom stereocenters. The molecule has 0 fully saturated rings. The number of rotatable bonds is 6. The van der Waals surface area contributed by atoms with Crippen molar-refractivity contribution in [3.8, 4) is 51.0 Å². The predicted octanol–water partition coefficient (Wildman–Crippen LogP) is 12.7. The van der Waals surface area contributed by atoms with Crippen LogP contribution in [0.4, 0.5) is 0 Å². The molecule has 2 aliphatic rings. The zero-order chi connectivity index (χ0) is 36.3. The van der Waals surface area contributed by atoms with Crippen LogP contribution in [0.15, 0.2) is 182 Å². The van der Waals surface area contributed by atoms with Crippen molar-refractivity contribution in [2.75, 3.05) is 0 Å². The lowest BCUT2D eigenvalue weighted by molar-refractivity contribution is 1.05. The zero-order valence-electron chi connectivity index (χ0n) is 30.0. The van der Waals surface area contributed by atoms with Crippen molar-refractivity contribution in [2.24, 2.45) is 0 Å². The first kappa shape index (κ1) is 31.4. The second kappa shape index (κ2) is 12.8. The van der Waals surface area contributed by atoms with Crippen molar-refractivity contribution in [1.29, 1.82) is 0 Å². The van der Waals surface area contributed by atoms with Crippen LogP contribution in [0.1, 0.15) is 29.5 Å². The van der Waals surface area contributed by atoms with Crippen LogP contribution < -0.4 is 0 Å². The van der Waals surface area contributed by atoms with E-state index >= 15 is 0 Å². The molecule has 0 atom stereocenters. The Kier molecular flexibility index (Phi) is 7.27. The van der Waals surface area contributed by atoms with Gasteiger partial charge in [0.1, 0.15) is 0 Å². The SMILES string of the molecule is C1=C2C(=C(c3ccc(-n4c5ccccc5c5cc(-c6ccccc6)ccc54)cc3)CC1)c1c2cccc1-c1nc(-c2ccccc2)nc(-c2ccccc2)n1. The maximum Gasteiger partial charge on any atom is 0.164 e. The minimum absolute atomic E-state index is 0.673. The van der Waals surface area contributed by atoms with Gasteiger partial charge in [0.15, 0.2) is 17.5 Å². The van der Waals surface area contributed by atoms with E-state index < -0.39 is 0 Å². The van der Waals surface area contributed by atoms with Crippen LogP contribution in [0.3, 0.4) is 0 Å². The van der Waals surface area contributed by atoms with E-state index in [1.807, 2.05) is 36.4 Å². The summed E-state index contributed by atoms with van der Waals surface area (Å²) < 4.78 is 2.40. The molecule has 0 saturated carbocycles. The number of allylic oxidation sites excluding steroid dienone is 4. The van der Waals surface area contributed by atoms with E-state index in [1.165, 1.54) is 66.3 Å². The van der Waals surface area contributed by atoms with Crippen molar-refractivity contribution in [2.45, 2.75) is 12.8 Å². The van der Waals surface area contributed by atoms with E-state index in [0.717, 1.165) is 35.2 Å². The fourth-order valence-electron chi connectivity index (χ4n) is 8.54. The lowest BCUT2D eigenvalue weighted by Gasteiger charge is -2.35. The average Bonchev–Trinajstić information content (AvgIpc) is 3.59. The molecule has 9 aromatic rings. The van der Waals surface area contributed by atoms with Crippen molar-refractivity contribution in [3.05, 3.63) is 199 Å². The van der Waals surface area contributed by atoms with E-state index in [1.54, 1.807) is 0 Å². The highest BCUT2D eigenvalue weighted by atomic mass is 15.0. The summed E-state index contributed by atoms with van der Waals surface area (Å²) in [5, 5.41) is 2.52. The van der Waals surface area contributed by atoms with Crippen LogP contribution in [0.25, 0.3) is 89.5 Å². The zero-order valence-corrected chi connectivity index (χ0v) is 30.0. The lowest BCUT2D eigenvalue weighted by atomic mass is 9.68. The molecule has 0 saturated heterocycles. The maximum atomic E-state index is 5.12. The number of para-hydroxylation sites is 1. The first-order valence-corrected chi connectivity index (χ1v) is 18.9. The molecule has 0 amide bonds. The van der Waals surface area contributed by atoms with Crippen molar-refractivity contribution in [3.63, 3.8) is 0 Å². The predicted molar refractivity (Wildman–Crippen MR) is 226 cm³/mol. The highest BCUT2D eigenvalue weighted by Gasteiger charge is 2.34. The molecule has 7 aromatic carbocycles. The number of hydrogen-bond donors (Lipinski definition) is 0. The summed E-state index contributed by atoms with van der Waals surface area (Å²) in [7, 11) is 0. The summed E-state index contributed by atoms with van der Waals surface area (Å²) in [6.07, 6.45) is 4.39. The van der Waals surface area contributed by atoms with E-state index in [4.69, 9.17) is 15.0 Å². The van der Waals surface area contributed by atoms with E-state index in [2.05, 4.69) is 150 Å². The molecule has 11 rings (SSSR count). The Morgan fingerprint density at radius 2 is 1.00 bits per heavy atom. The first-order chi connectivity index (χ1) is 27.3. The minimum atomic E-state index is 0.673. The summed E-state index contributed by atoms with van der Waals surface area (Å²) >= 11 is 0. The number of benzene rings is 7. The Bertz CT molecular complexity index is 2940. The van der Waals surface area contributed by atoms with Crippen LogP contribution in [0.5, 0.6) is 0 Å².